The van der Waals surface area contributed by atoms with Crippen LogP contribution in [0.15, 0.2) is 45.8 Å². The molecule has 0 aliphatic carbocycles. The zero-order valence-corrected chi connectivity index (χ0v) is 11.5. The van der Waals surface area contributed by atoms with Crippen LogP contribution in [0.3, 0.4) is 0 Å². The van der Waals surface area contributed by atoms with Crippen LogP contribution in [0, 0.1) is 17.5 Å². The average molecular weight is 333 g/mol. The molecular weight excluding hydrogens is 325 g/mol. The summed E-state index contributed by atoms with van der Waals surface area (Å²) in [4.78, 5) is 0.476. The fourth-order valence-electron chi connectivity index (χ4n) is 1.43. The molecule has 0 aromatic heterocycles. The van der Waals surface area contributed by atoms with Crippen LogP contribution in [-0.4, -0.2) is 0 Å². The second-order valence-electron chi connectivity index (χ2n) is 3.63. The van der Waals surface area contributed by atoms with Crippen LogP contribution >= 0.6 is 27.7 Å². The molecule has 0 saturated carbocycles. The van der Waals surface area contributed by atoms with Crippen molar-refractivity contribution in [2.24, 2.45) is 0 Å². The molecule has 0 nitrogen and oxygen atoms in total. The lowest BCUT2D eigenvalue weighted by Crippen LogP contribution is -1.87. The van der Waals surface area contributed by atoms with E-state index in [0.29, 0.717) is 10.6 Å². The van der Waals surface area contributed by atoms with Crippen molar-refractivity contribution in [1.82, 2.24) is 0 Å². The number of hydrogen-bond donors (Lipinski definition) is 0. The number of halogens is 4. The van der Waals surface area contributed by atoms with Gasteiger partial charge in [0.25, 0.3) is 0 Å². The molecule has 0 spiro atoms. The molecule has 0 radical (unpaired) electrons. The van der Waals surface area contributed by atoms with Crippen molar-refractivity contribution in [2.75, 3.05) is 0 Å². The van der Waals surface area contributed by atoms with Crippen LogP contribution in [0.1, 0.15) is 5.56 Å². The molecule has 94 valence electrons. The Hall–Kier alpha value is -0.940. The Morgan fingerprint density at radius 1 is 0.889 bits per heavy atom. The molecule has 18 heavy (non-hydrogen) atoms. The molecule has 5 heteroatoms. The van der Waals surface area contributed by atoms with E-state index in [-0.39, 0.29) is 5.82 Å². The minimum atomic E-state index is -0.615. The summed E-state index contributed by atoms with van der Waals surface area (Å²) >= 11 is 4.55. The van der Waals surface area contributed by atoms with Gasteiger partial charge in [-0.3, -0.25) is 0 Å². The molecule has 0 heterocycles. The van der Waals surface area contributed by atoms with Gasteiger partial charge in [-0.2, -0.15) is 0 Å². The van der Waals surface area contributed by atoms with Crippen molar-refractivity contribution in [3.63, 3.8) is 0 Å². The fraction of sp³-hybridized carbons (Fsp3) is 0.0769. The third-order valence-electron chi connectivity index (χ3n) is 2.24. The Kier molecular flexibility index (Phi) is 4.35. The second kappa shape index (κ2) is 5.80. The van der Waals surface area contributed by atoms with E-state index in [9.17, 15) is 13.2 Å². The Morgan fingerprint density at radius 2 is 1.56 bits per heavy atom. The van der Waals surface area contributed by atoms with E-state index in [1.54, 1.807) is 6.07 Å². The largest absolute Gasteiger partial charge is 0.207 e. The van der Waals surface area contributed by atoms with Gasteiger partial charge in [-0.05, 0) is 35.9 Å². The summed E-state index contributed by atoms with van der Waals surface area (Å²) in [5.41, 5.74) is 0.740. The van der Waals surface area contributed by atoms with Crippen LogP contribution < -0.4 is 0 Å². The normalized spacial score (nSPS) is 10.7. The second-order valence-corrected chi connectivity index (χ2v) is 5.53. The summed E-state index contributed by atoms with van der Waals surface area (Å²) < 4.78 is 39.8. The highest BCUT2D eigenvalue weighted by Gasteiger charge is 2.05. The van der Waals surface area contributed by atoms with Crippen LogP contribution in [0.5, 0.6) is 0 Å². The third-order valence-corrected chi connectivity index (χ3v) is 4.04. The van der Waals surface area contributed by atoms with Gasteiger partial charge >= 0.3 is 0 Å². The van der Waals surface area contributed by atoms with Crippen molar-refractivity contribution < 1.29 is 13.2 Å². The van der Waals surface area contributed by atoms with E-state index in [1.165, 1.54) is 36.0 Å². The maximum absolute atomic E-state index is 13.1. The van der Waals surface area contributed by atoms with E-state index in [4.69, 9.17) is 0 Å². The smallest absolute Gasteiger partial charge is 0.127 e. The predicted octanol–water partition coefficient (Wildman–Crippen LogP) is 5.16. The first-order valence-corrected chi connectivity index (χ1v) is 6.85. The van der Waals surface area contributed by atoms with Gasteiger partial charge in [0.15, 0.2) is 0 Å². The van der Waals surface area contributed by atoms with E-state index < -0.39 is 11.6 Å². The van der Waals surface area contributed by atoms with E-state index in [1.807, 2.05) is 0 Å². The summed E-state index contributed by atoms with van der Waals surface area (Å²) in [6, 6.07) is 7.67. The summed E-state index contributed by atoms with van der Waals surface area (Å²) in [5, 5.41) is 0. The van der Waals surface area contributed by atoms with Gasteiger partial charge in [-0.1, -0.05) is 15.9 Å². The topological polar surface area (TPSA) is 0 Å². The van der Waals surface area contributed by atoms with Gasteiger partial charge in [-0.15, -0.1) is 11.8 Å². The van der Waals surface area contributed by atoms with Gasteiger partial charge in [-0.25, -0.2) is 13.2 Å². The zero-order valence-electron chi connectivity index (χ0n) is 9.09. The van der Waals surface area contributed by atoms with Crippen LogP contribution in [0.4, 0.5) is 13.2 Å². The van der Waals surface area contributed by atoms with Crippen LogP contribution in [0.25, 0.3) is 0 Å². The van der Waals surface area contributed by atoms with Gasteiger partial charge in [0.2, 0.25) is 0 Å². The molecule has 0 bridgehead atoms. The molecular formula is C13H8BrF3S. The number of rotatable bonds is 3. The molecule has 0 saturated heterocycles. The molecule has 0 aliphatic heterocycles. The lowest BCUT2D eigenvalue weighted by atomic mass is 10.2. The van der Waals surface area contributed by atoms with Crippen molar-refractivity contribution >= 4 is 27.7 Å². The monoisotopic (exact) mass is 332 g/mol. The van der Waals surface area contributed by atoms with Crippen molar-refractivity contribution in [2.45, 2.75) is 10.6 Å². The lowest BCUT2D eigenvalue weighted by molar-refractivity contribution is 0.577. The van der Waals surface area contributed by atoms with Crippen molar-refractivity contribution in [3.05, 3.63) is 63.9 Å². The lowest BCUT2D eigenvalue weighted by Gasteiger charge is -2.05. The molecule has 0 N–H and O–H groups in total. The highest BCUT2D eigenvalue weighted by atomic mass is 79.9. The van der Waals surface area contributed by atoms with Crippen molar-refractivity contribution in [1.29, 1.82) is 0 Å². The van der Waals surface area contributed by atoms with Crippen LogP contribution in [-0.2, 0) is 5.75 Å². The molecule has 0 amide bonds. The minimum Gasteiger partial charge on any atom is -0.207 e. The van der Waals surface area contributed by atoms with Gasteiger partial charge in [0.1, 0.15) is 17.5 Å². The van der Waals surface area contributed by atoms with E-state index in [2.05, 4.69) is 15.9 Å². The quantitative estimate of drug-likeness (QED) is 0.699. The van der Waals surface area contributed by atoms with Gasteiger partial charge in [0, 0.05) is 21.2 Å². The Bertz CT molecular complexity index is 552. The maximum atomic E-state index is 13.1. The average Bonchev–Trinajstić information content (AvgIpc) is 2.29. The first-order valence-electron chi connectivity index (χ1n) is 5.07. The summed E-state index contributed by atoms with van der Waals surface area (Å²) in [6.07, 6.45) is 0. The first kappa shape index (κ1) is 13.5. The van der Waals surface area contributed by atoms with Crippen LogP contribution in [0.2, 0.25) is 0 Å². The molecule has 0 unspecified atom stereocenters. The zero-order chi connectivity index (χ0) is 13.1. The first-order chi connectivity index (χ1) is 8.54. The summed E-state index contributed by atoms with van der Waals surface area (Å²) in [6.45, 7) is 0. The highest BCUT2D eigenvalue weighted by Crippen LogP contribution is 2.28. The molecule has 0 fully saturated rings. The summed E-state index contributed by atoms with van der Waals surface area (Å²) in [7, 11) is 0. The number of thioether (sulfide) groups is 1. The molecule has 0 atom stereocenters. The highest BCUT2D eigenvalue weighted by molar-refractivity contribution is 9.10. The Balaban J connectivity index is 2.13. The summed E-state index contributed by atoms with van der Waals surface area (Å²) in [5.74, 6) is -1.13. The third kappa shape index (κ3) is 3.53. The SMILES string of the molecule is Fc1cc(F)cc(SCc2cc(F)ccc2Br)c1. The Labute approximate surface area is 115 Å². The number of benzene rings is 2. The Morgan fingerprint density at radius 3 is 2.22 bits per heavy atom. The van der Waals surface area contributed by atoms with E-state index in [0.717, 1.165) is 16.1 Å². The fourth-order valence-corrected chi connectivity index (χ4v) is 2.95. The van der Waals surface area contributed by atoms with Gasteiger partial charge < -0.3 is 0 Å². The van der Waals surface area contributed by atoms with Gasteiger partial charge in [0.05, 0.1) is 0 Å². The standard InChI is InChI=1S/C13H8BrF3S/c14-13-2-1-9(15)3-8(13)7-18-12-5-10(16)4-11(17)6-12/h1-6H,7H2. The molecule has 2 rings (SSSR count). The predicted molar refractivity (Wildman–Crippen MR) is 70.0 cm³/mol. The number of hydrogen-bond acceptors (Lipinski definition) is 1. The maximum Gasteiger partial charge on any atom is 0.127 e. The van der Waals surface area contributed by atoms with E-state index >= 15 is 0 Å². The molecule has 0 aliphatic rings. The molecule has 2 aromatic rings. The van der Waals surface area contributed by atoms with Crippen molar-refractivity contribution in [3.8, 4) is 0 Å². The molecule has 2 aromatic carbocycles. The minimum absolute atomic E-state index is 0.334.